The minimum atomic E-state index is -4.71. The Labute approximate surface area is 185 Å². The van der Waals surface area contributed by atoms with Gasteiger partial charge in [-0.15, -0.1) is 0 Å². The molecule has 174 valence electrons. The lowest BCUT2D eigenvalue weighted by Crippen LogP contribution is -2.46. The zero-order valence-electron chi connectivity index (χ0n) is 17.7. The van der Waals surface area contributed by atoms with Crippen LogP contribution in [0.15, 0.2) is 18.3 Å². The molecule has 1 atom stereocenters. The summed E-state index contributed by atoms with van der Waals surface area (Å²) in [6.07, 6.45) is -1.78. The highest BCUT2D eigenvalue weighted by molar-refractivity contribution is 5.98. The van der Waals surface area contributed by atoms with Crippen LogP contribution in [0.4, 0.5) is 23.4 Å². The van der Waals surface area contributed by atoms with Gasteiger partial charge in [0.15, 0.2) is 0 Å². The summed E-state index contributed by atoms with van der Waals surface area (Å²) in [5, 5.41) is 0. The number of carbonyl (C=O) groups is 1. The van der Waals surface area contributed by atoms with Crippen molar-refractivity contribution in [3.05, 3.63) is 52.2 Å². The summed E-state index contributed by atoms with van der Waals surface area (Å²) in [5.74, 6) is -1.17. The summed E-state index contributed by atoms with van der Waals surface area (Å²) < 4.78 is 58.9. The number of anilines is 1. The molecule has 1 amide bonds. The molecule has 0 radical (unpaired) electrons. The molecule has 1 saturated carbocycles. The lowest BCUT2D eigenvalue weighted by atomic mass is 9.89. The Bertz CT molecular complexity index is 1250. The van der Waals surface area contributed by atoms with Crippen LogP contribution in [0.5, 0.6) is 0 Å². The number of ether oxygens (including phenoxy) is 1. The molecule has 5 rings (SSSR count). The van der Waals surface area contributed by atoms with E-state index < -0.39 is 29.5 Å². The smallest absolute Gasteiger partial charge is 0.383 e. The van der Waals surface area contributed by atoms with E-state index in [4.69, 9.17) is 10.5 Å². The summed E-state index contributed by atoms with van der Waals surface area (Å²) in [7, 11) is 0. The number of hydrogen-bond donors (Lipinski definition) is 2. The summed E-state index contributed by atoms with van der Waals surface area (Å²) in [4.78, 5) is 26.3. The number of H-pyrrole nitrogens is 1. The quantitative estimate of drug-likeness (QED) is 0.556. The SMILES string of the molecule is C[C@H](c1ncc(C(F)(F)F)cc1F)N(C(=O)c1cc2nc(N)c3c(c2[nH]1)COC3)C1CCC1. The highest BCUT2D eigenvalue weighted by Gasteiger charge is 2.37. The Kier molecular flexibility index (Phi) is 5.04. The van der Waals surface area contributed by atoms with E-state index >= 15 is 0 Å². The van der Waals surface area contributed by atoms with Crippen LogP contribution in [0.2, 0.25) is 0 Å². The fraction of sp³-hybridized carbons (Fsp3) is 0.409. The molecule has 3 aromatic rings. The number of aromatic nitrogens is 3. The Morgan fingerprint density at radius 1 is 1.27 bits per heavy atom. The van der Waals surface area contributed by atoms with Gasteiger partial charge in [0, 0.05) is 23.4 Å². The van der Waals surface area contributed by atoms with Crippen molar-refractivity contribution < 1.29 is 27.1 Å². The van der Waals surface area contributed by atoms with Gasteiger partial charge in [0.05, 0.1) is 41.5 Å². The minimum Gasteiger partial charge on any atom is -0.383 e. The fourth-order valence-electron chi connectivity index (χ4n) is 4.46. The molecular formula is C22H21F4N5O2. The van der Waals surface area contributed by atoms with E-state index in [0.717, 1.165) is 17.5 Å². The van der Waals surface area contributed by atoms with Gasteiger partial charge in [0.25, 0.3) is 5.91 Å². The molecule has 3 aromatic heterocycles. The Morgan fingerprint density at radius 2 is 2.00 bits per heavy atom. The van der Waals surface area contributed by atoms with Crippen LogP contribution >= 0.6 is 0 Å². The van der Waals surface area contributed by atoms with E-state index in [1.807, 2.05) is 0 Å². The summed E-state index contributed by atoms with van der Waals surface area (Å²) in [6, 6.07) is 0.959. The van der Waals surface area contributed by atoms with E-state index in [2.05, 4.69) is 15.0 Å². The monoisotopic (exact) mass is 463 g/mol. The molecule has 2 aliphatic rings. The summed E-state index contributed by atoms with van der Waals surface area (Å²) in [6.45, 7) is 2.26. The standard InChI is InChI=1S/C22H21F4N5O2/c1-10(18-15(23)5-11(7-28-18)22(24,25)26)31(12-3-2-4-12)21(32)17-6-16-19(29-17)13-8-33-9-14(13)20(27)30-16/h5-7,10,12,29H,2-4,8-9H2,1H3,(H2,27,30)/t10-/m1/s1. The molecule has 7 nitrogen and oxygen atoms in total. The molecule has 0 saturated heterocycles. The molecule has 1 aliphatic heterocycles. The van der Waals surface area contributed by atoms with Crippen LogP contribution in [-0.2, 0) is 24.1 Å². The number of nitrogen functional groups attached to an aromatic ring is 1. The van der Waals surface area contributed by atoms with Gasteiger partial charge in [-0.05, 0) is 38.3 Å². The average Bonchev–Trinajstić information content (AvgIpc) is 3.36. The maximum Gasteiger partial charge on any atom is 0.417 e. The van der Waals surface area contributed by atoms with Crippen LogP contribution in [0.25, 0.3) is 11.0 Å². The van der Waals surface area contributed by atoms with Crippen molar-refractivity contribution in [1.82, 2.24) is 19.9 Å². The van der Waals surface area contributed by atoms with Crippen molar-refractivity contribution in [3.8, 4) is 0 Å². The predicted molar refractivity (Wildman–Crippen MR) is 110 cm³/mol. The number of nitrogens with zero attached hydrogens (tertiary/aromatic N) is 3. The maximum atomic E-state index is 14.7. The van der Waals surface area contributed by atoms with Crippen LogP contribution in [0.3, 0.4) is 0 Å². The van der Waals surface area contributed by atoms with Gasteiger partial charge < -0.3 is 20.4 Å². The molecule has 4 heterocycles. The van der Waals surface area contributed by atoms with Crippen LogP contribution in [-0.4, -0.2) is 31.8 Å². The first kappa shape index (κ1) is 21.6. The predicted octanol–water partition coefficient (Wildman–Crippen LogP) is 4.48. The van der Waals surface area contributed by atoms with Gasteiger partial charge in [0.2, 0.25) is 0 Å². The van der Waals surface area contributed by atoms with Gasteiger partial charge in [-0.2, -0.15) is 13.2 Å². The fourth-order valence-corrected chi connectivity index (χ4v) is 4.46. The molecule has 1 aliphatic carbocycles. The number of hydrogen-bond acceptors (Lipinski definition) is 5. The molecule has 0 unspecified atom stereocenters. The number of nitrogens with two attached hydrogens (primary N) is 1. The Balaban J connectivity index is 1.52. The lowest BCUT2D eigenvalue weighted by molar-refractivity contribution is -0.138. The maximum absolute atomic E-state index is 14.7. The van der Waals surface area contributed by atoms with E-state index in [1.165, 1.54) is 4.90 Å². The van der Waals surface area contributed by atoms with Gasteiger partial charge in [-0.3, -0.25) is 9.78 Å². The van der Waals surface area contributed by atoms with Gasteiger partial charge >= 0.3 is 6.18 Å². The number of halogens is 4. The lowest BCUT2D eigenvalue weighted by Gasteiger charge is -2.41. The Morgan fingerprint density at radius 3 is 2.64 bits per heavy atom. The topological polar surface area (TPSA) is 97.1 Å². The molecule has 0 spiro atoms. The average molecular weight is 463 g/mol. The van der Waals surface area contributed by atoms with E-state index in [1.54, 1.807) is 13.0 Å². The van der Waals surface area contributed by atoms with Crippen molar-refractivity contribution in [2.45, 2.75) is 57.7 Å². The zero-order valence-corrected chi connectivity index (χ0v) is 17.7. The number of fused-ring (bicyclic) bond motifs is 3. The first-order valence-electron chi connectivity index (χ1n) is 10.6. The number of alkyl halides is 3. The largest absolute Gasteiger partial charge is 0.417 e. The summed E-state index contributed by atoms with van der Waals surface area (Å²) >= 11 is 0. The van der Waals surface area contributed by atoms with Crippen molar-refractivity contribution in [3.63, 3.8) is 0 Å². The van der Waals surface area contributed by atoms with Gasteiger partial charge in [0.1, 0.15) is 17.3 Å². The van der Waals surface area contributed by atoms with Gasteiger partial charge in [-0.1, -0.05) is 0 Å². The second kappa shape index (κ2) is 7.68. The second-order valence-corrected chi connectivity index (χ2v) is 8.45. The minimum absolute atomic E-state index is 0.172. The Hall–Kier alpha value is -3.21. The van der Waals surface area contributed by atoms with Crippen molar-refractivity contribution in [2.24, 2.45) is 0 Å². The van der Waals surface area contributed by atoms with Crippen LogP contribution in [0.1, 0.15) is 65.1 Å². The number of nitrogens with one attached hydrogen (secondary N) is 1. The van der Waals surface area contributed by atoms with Crippen LogP contribution < -0.4 is 5.73 Å². The highest BCUT2D eigenvalue weighted by Crippen LogP contribution is 2.37. The van der Waals surface area contributed by atoms with E-state index in [9.17, 15) is 22.4 Å². The molecule has 3 N–H and O–H groups in total. The molecule has 11 heteroatoms. The molecule has 1 fully saturated rings. The van der Waals surface area contributed by atoms with Crippen molar-refractivity contribution >= 4 is 22.8 Å². The van der Waals surface area contributed by atoms with Crippen molar-refractivity contribution in [1.29, 1.82) is 0 Å². The van der Waals surface area contributed by atoms with Crippen LogP contribution in [0, 0.1) is 5.82 Å². The van der Waals surface area contributed by atoms with Crippen molar-refractivity contribution in [2.75, 3.05) is 5.73 Å². The second-order valence-electron chi connectivity index (χ2n) is 8.45. The molecule has 33 heavy (non-hydrogen) atoms. The third-order valence-electron chi connectivity index (χ3n) is 6.45. The highest BCUT2D eigenvalue weighted by atomic mass is 19.4. The third-order valence-corrected chi connectivity index (χ3v) is 6.45. The molecular weight excluding hydrogens is 442 g/mol. The van der Waals surface area contributed by atoms with E-state index in [0.29, 0.717) is 55.2 Å². The first-order chi connectivity index (χ1) is 15.6. The third kappa shape index (κ3) is 3.60. The first-order valence-corrected chi connectivity index (χ1v) is 10.6. The van der Waals surface area contributed by atoms with Gasteiger partial charge in [-0.25, -0.2) is 9.37 Å². The summed E-state index contributed by atoms with van der Waals surface area (Å²) in [5.41, 5.74) is 7.66. The normalized spacial score (nSPS) is 17.1. The number of rotatable bonds is 4. The number of pyridine rings is 2. The zero-order chi connectivity index (χ0) is 23.5. The van der Waals surface area contributed by atoms with E-state index in [-0.39, 0.29) is 17.4 Å². The number of aromatic amines is 1. The number of amides is 1. The molecule has 0 aromatic carbocycles. The number of carbonyl (C=O) groups excluding carboxylic acids is 1. The molecule has 0 bridgehead atoms.